The first kappa shape index (κ1) is 11.3. The number of pyridine rings is 1. The maximum absolute atomic E-state index is 10.7. The van der Waals surface area contributed by atoms with E-state index in [9.17, 15) is 4.79 Å². The van der Waals surface area contributed by atoms with Gasteiger partial charge in [0.05, 0.1) is 6.42 Å². The van der Waals surface area contributed by atoms with E-state index in [4.69, 9.17) is 5.11 Å². The van der Waals surface area contributed by atoms with Crippen molar-refractivity contribution < 1.29 is 9.90 Å². The number of aryl methyl sites for hydroxylation is 1. The van der Waals surface area contributed by atoms with Gasteiger partial charge in [-0.25, -0.2) is 0 Å². The lowest BCUT2D eigenvalue weighted by molar-refractivity contribution is -0.136. The molecule has 3 heteroatoms. The first-order valence-electron chi connectivity index (χ1n) is 5.39. The van der Waals surface area contributed by atoms with Crippen LogP contribution in [0.2, 0.25) is 0 Å². The predicted molar refractivity (Wildman–Crippen MR) is 65.7 cm³/mol. The van der Waals surface area contributed by atoms with Crippen LogP contribution in [0.3, 0.4) is 0 Å². The summed E-state index contributed by atoms with van der Waals surface area (Å²) < 4.78 is 0. The highest BCUT2D eigenvalue weighted by Crippen LogP contribution is 2.20. The first-order chi connectivity index (χ1) is 8.16. The summed E-state index contributed by atoms with van der Waals surface area (Å²) in [4.78, 5) is 15.0. The number of carboxylic acids is 1. The minimum absolute atomic E-state index is 0.0134. The molecular weight excluding hydrogens is 214 g/mol. The second-order valence-electron chi connectivity index (χ2n) is 3.91. The Hall–Kier alpha value is -2.16. The fourth-order valence-corrected chi connectivity index (χ4v) is 1.71. The molecule has 0 fully saturated rings. The fourth-order valence-electron chi connectivity index (χ4n) is 1.71. The van der Waals surface area contributed by atoms with E-state index in [1.165, 1.54) is 0 Å². The predicted octanol–water partition coefficient (Wildman–Crippen LogP) is 2.68. The Labute approximate surface area is 99.8 Å². The smallest absolute Gasteiger partial charge is 0.307 e. The average molecular weight is 227 g/mol. The van der Waals surface area contributed by atoms with Crippen LogP contribution in [0, 0.1) is 6.92 Å². The van der Waals surface area contributed by atoms with E-state index in [0.29, 0.717) is 0 Å². The molecule has 0 aliphatic heterocycles. The summed E-state index contributed by atoms with van der Waals surface area (Å²) >= 11 is 0. The molecule has 1 aromatic heterocycles. The Balaban J connectivity index is 2.41. The Morgan fingerprint density at radius 3 is 2.59 bits per heavy atom. The van der Waals surface area contributed by atoms with Crippen LogP contribution in [0.15, 0.2) is 42.6 Å². The molecule has 86 valence electrons. The molecule has 0 bridgehead atoms. The standard InChI is InChI=1S/C14H13NO2/c1-10-12(8-14(16)17)7-13(9-15-10)11-5-3-2-4-6-11/h2-7,9H,8H2,1H3,(H,16,17). The van der Waals surface area contributed by atoms with Gasteiger partial charge in [-0.15, -0.1) is 0 Å². The number of benzene rings is 1. The van der Waals surface area contributed by atoms with Gasteiger partial charge in [0, 0.05) is 17.5 Å². The van der Waals surface area contributed by atoms with Gasteiger partial charge in [-0.3, -0.25) is 9.78 Å². The van der Waals surface area contributed by atoms with Crippen LogP contribution in [0.5, 0.6) is 0 Å². The molecule has 3 nitrogen and oxygen atoms in total. The molecule has 17 heavy (non-hydrogen) atoms. The topological polar surface area (TPSA) is 50.2 Å². The quantitative estimate of drug-likeness (QED) is 0.877. The van der Waals surface area contributed by atoms with Crippen molar-refractivity contribution in [2.45, 2.75) is 13.3 Å². The molecule has 0 radical (unpaired) electrons. The molecule has 0 atom stereocenters. The zero-order chi connectivity index (χ0) is 12.3. The van der Waals surface area contributed by atoms with Crippen molar-refractivity contribution >= 4 is 5.97 Å². The lowest BCUT2D eigenvalue weighted by atomic mass is 10.0. The number of rotatable bonds is 3. The summed E-state index contributed by atoms with van der Waals surface area (Å²) in [6.45, 7) is 1.83. The van der Waals surface area contributed by atoms with E-state index in [1.54, 1.807) is 6.20 Å². The van der Waals surface area contributed by atoms with Gasteiger partial charge in [0.1, 0.15) is 0 Å². The molecular formula is C14H13NO2. The van der Waals surface area contributed by atoms with E-state index in [0.717, 1.165) is 22.4 Å². The maximum atomic E-state index is 10.7. The fraction of sp³-hybridized carbons (Fsp3) is 0.143. The van der Waals surface area contributed by atoms with Gasteiger partial charge >= 0.3 is 5.97 Å². The summed E-state index contributed by atoms with van der Waals surface area (Å²) in [5, 5.41) is 8.83. The van der Waals surface area contributed by atoms with E-state index in [-0.39, 0.29) is 6.42 Å². The summed E-state index contributed by atoms with van der Waals surface area (Å²) in [5.74, 6) is -0.833. The molecule has 0 saturated heterocycles. The summed E-state index contributed by atoms with van der Waals surface area (Å²) in [6, 6.07) is 11.7. The van der Waals surface area contributed by atoms with Crippen molar-refractivity contribution in [2.24, 2.45) is 0 Å². The number of hydrogen-bond acceptors (Lipinski definition) is 2. The van der Waals surface area contributed by atoms with Gasteiger partial charge in [-0.05, 0) is 24.1 Å². The largest absolute Gasteiger partial charge is 0.481 e. The van der Waals surface area contributed by atoms with Crippen LogP contribution >= 0.6 is 0 Å². The summed E-state index contributed by atoms with van der Waals surface area (Å²) in [5.41, 5.74) is 3.53. The van der Waals surface area contributed by atoms with Crippen molar-refractivity contribution in [3.8, 4) is 11.1 Å². The van der Waals surface area contributed by atoms with Crippen molar-refractivity contribution in [3.05, 3.63) is 53.9 Å². The third-order valence-corrected chi connectivity index (χ3v) is 2.64. The average Bonchev–Trinajstić information content (AvgIpc) is 2.32. The second kappa shape index (κ2) is 4.78. The third kappa shape index (κ3) is 2.69. The lowest BCUT2D eigenvalue weighted by Crippen LogP contribution is -2.03. The van der Waals surface area contributed by atoms with Gasteiger partial charge < -0.3 is 5.11 Å². The van der Waals surface area contributed by atoms with Crippen LogP contribution in [0.25, 0.3) is 11.1 Å². The van der Waals surface area contributed by atoms with Crippen molar-refractivity contribution in [3.63, 3.8) is 0 Å². The zero-order valence-corrected chi connectivity index (χ0v) is 9.55. The molecule has 0 saturated carbocycles. The van der Waals surface area contributed by atoms with Gasteiger partial charge in [-0.1, -0.05) is 30.3 Å². The highest BCUT2D eigenvalue weighted by atomic mass is 16.4. The van der Waals surface area contributed by atoms with E-state index in [1.807, 2.05) is 43.3 Å². The third-order valence-electron chi connectivity index (χ3n) is 2.64. The van der Waals surface area contributed by atoms with Gasteiger partial charge in [0.15, 0.2) is 0 Å². The number of aromatic nitrogens is 1. The molecule has 1 aromatic carbocycles. The van der Waals surface area contributed by atoms with Crippen LogP contribution in [0.1, 0.15) is 11.3 Å². The Bertz CT molecular complexity index is 535. The van der Waals surface area contributed by atoms with Crippen LogP contribution in [-0.2, 0) is 11.2 Å². The van der Waals surface area contributed by atoms with Crippen molar-refractivity contribution in [1.29, 1.82) is 0 Å². The summed E-state index contributed by atoms with van der Waals surface area (Å²) in [6.07, 6.45) is 1.79. The Morgan fingerprint density at radius 2 is 1.94 bits per heavy atom. The number of nitrogens with zero attached hydrogens (tertiary/aromatic N) is 1. The van der Waals surface area contributed by atoms with E-state index in [2.05, 4.69) is 4.98 Å². The minimum atomic E-state index is -0.833. The molecule has 0 aliphatic rings. The van der Waals surface area contributed by atoms with Crippen LogP contribution in [0.4, 0.5) is 0 Å². The van der Waals surface area contributed by atoms with Gasteiger partial charge in [0.2, 0.25) is 0 Å². The van der Waals surface area contributed by atoms with Crippen LogP contribution in [-0.4, -0.2) is 16.1 Å². The number of hydrogen-bond donors (Lipinski definition) is 1. The second-order valence-corrected chi connectivity index (χ2v) is 3.91. The molecule has 0 aliphatic carbocycles. The van der Waals surface area contributed by atoms with Crippen molar-refractivity contribution in [1.82, 2.24) is 4.98 Å². The monoisotopic (exact) mass is 227 g/mol. The molecule has 2 aromatic rings. The zero-order valence-electron chi connectivity index (χ0n) is 9.55. The summed E-state index contributed by atoms with van der Waals surface area (Å²) in [7, 11) is 0. The number of aliphatic carboxylic acids is 1. The number of carbonyl (C=O) groups is 1. The molecule has 1 N–H and O–H groups in total. The molecule has 0 unspecified atom stereocenters. The highest BCUT2D eigenvalue weighted by Gasteiger charge is 2.07. The maximum Gasteiger partial charge on any atom is 0.307 e. The van der Waals surface area contributed by atoms with Crippen molar-refractivity contribution in [2.75, 3.05) is 0 Å². The first-order valence-corrected chi connectivity index (χ1v) is 5.39. The van der Waals surface area contributed by atoms with Gasteiger partial charge in [0.25, 0.3) is 0 Å². The number of carboxylic acid groups (broad SMARTS) is 1. The molecule has 0 spiro atoms. The van der Waals surface area contributed by atoms with Gasteiger partial charge in [-0.2, -0.15) is 0 Å². The lowest BCUT2D eigenvalue weighted by Gasteiger charge is -2.06. The van der Waals surface area contributed by atoms with Crippen LogP contribution < -0.4 is 0 Å². The van der Waals surface area contributed by atoms with E-state index < -0.39 is 5.97 Å². The molecule has 0 amide bonds. The minimum Gasteiger partial charge on any atom is -0.481 e. The normalized spacial score (nSPS) is 10.2. The highest BCUT2D eigenvalue weighted by molar-refractivity contribution is 5.72. The SMILES string of the molecule is Cc1ncc(-c2ccccc2)cc1CC(=O)O. The Kier molecular flexibility index (Phi) is 3.19. The molecule has 1 heterocycles. The van der Waals surface area contributed by atoms with E-state index >= 15 is 0 Å². The molecule has 2 rings (SSSR count). The Morgan fingerprint density at radius 1 is 1.24 bits per heavy atom.